The van der Waals surface area contributed by atoms with E-state index >= 15 is 0 Å². The second kappa shape index (κ2) is 8.50. The van der Waals surface area contributed by atoms with Crippen LogP contribution in [-0.4, -0.2) is 26.6 Å². The van der Waals surface area contributed by atoms with E-state index in [-0.39, 0.29) is 17.1 Å². The quantitative estimate of drug-likeness (QED) is 0.718. The minimum atomic E-state index is -3.74. The van der Waals surface area contributed by atoms with Crippen LogP contribution < -0.4 is 9.62 Å². The number of halogens is 2. The van der Waals surface area contributed by atoms with Gasteiger partial charge < -0.3 is 5.32 Å². The van der Waals surface area contributed by atoms with E-state index in [9.17, 15) is 13.2 Å². The van der Waals surface area contributed by atoms with E-state index in [1.807, 2.05) is 26.0 Å². The second-order valence-corrected chi connectivity index (χ2v) is 9.04. The minimum Gasteiger partial charge on any atom is -0.324 e. The number of aryl methyl sites for hydroxylation is 2. The SMILES string of the molecule is CC[C@@H](C(=O)Nc1ccc(C)c(C)c1)N(c1ccc(Cl)c(Cl)c1)S(C)(=O)=O. The topological polar surface area (TPSA) is 66.5 Å². The number of rotatable bonds is 6. The van der Waals surface area contributed by atoms with Gasteiger partial charge in [0.25, 0.3) is 0 Å². The molecule has 2 aromatic rings. The molecule has 27 heavy (non-hydrogen) atoms. The molecule has 0 aromatic heterocycles. The highest BCUT2D eigenvalue weighted by molar-refractivity contribution is 7.92. The third kappa shape index (κ3) is 5.15. The van der Waals surface area contributed by atoms with Crippen molar-refractivity contribution in [1.29, 1.82) is 0 Å². The molecule has 0 aliphatic rings. The molecule has 1 atom stereocenters. The van der Waals surface area contributed by atoms with E-state index in [0.717, 1.165) is 21.7 Å². The fourth-order valence-corrected chi connectivity index (χ4v) is 4.22. The van der Waals surface area contributed by atoms with Gasteiger partial charge in [-0.05, 0) is 61.7 Å². The highest BCUT2D eigenvalue weighted by Crippen LogP contribution is 2.30. The van der Waals surface area contributed by atoms with Gasteiger partial charge in [-0.1, -0.05) is 36.2 Å². The predicted octanol–water partition coefficient (Wildman–Crippen LogP) is 4.79. The number of benzene rings is 2. The van der Waals surface area contributed by atoms with E-state index in [1.54, 1.807) is 13.0 Å². The molecular formula is C19H22Cl2N2O3S. The summed E-state index contributed by atoms with van der Waals surface area (Å²) in [5, 5.41) is 3.33. The maximum Gasteiger partial charge on any atom is 0.248 e. The van der Waals surface area contributed by atoms with Crippen LogP contribution in [-0.2, 0) is 14.8 Å². The number of hydrogen-bond acceptors (Lipinski definition) is 3. The lowest BCUT2D eigenvalue weighted by atomic mass is 10.1. The number of nitrogens with one attached hydrogen (secondary N) is 1. The smallest absolute Gasteiger partial charge is 0.248 e. The zero-order valence-electron chi connectivity index (χ0n) is 15.6. The normalized spacial score (nSPS) is 12.5. The van der Waals surface area contributed by atoms with Crippen molar-refractivity contribution in [2.45, 2.75) is 33.2 Å². The van der Waals surface area contributed by atoms with Gasteiger partial charge in [-0.3, -0.25) is 9.10 Å². The molecule has 0 bridgehead atoms. The molecule has 0 saturated heterocycles. The van der Waals surface area contributed by atoms with Gasteiger partial charge in [0.2, 0.25) is 15.9 Å². The number of hydrogen-bond donors (Lipinski definition) is 1. The van der Waals surface area contributed by atoms with Gasteiger partial charge in [-0.2, -0.15) is 0 Å². The molecule has 146 valence electrons. The summed E-state index contributed by atoms with van der Waals surface area (Å²) < 4.78 is 26.0. The van der Waals surface area contributed by atoms with Gasteiger partial charge in [0, 0.05) is 5.69 Å². The molecule has 0 unspecified atom stereocenters. The molecule has 8 heteroatoms. The number of sulfonamides is 1. The Hall–Kier alpha value is -1.76. The minimum absolute atomic E-state index is 0.215. The van der Waals surface area contributed by atoms with E-state index < -0.39 is 22.0 Å². The second-order valence-electron chi connectivity index (χ2n) is 6.37. The van der Waals surface area contributed by atoms with Crippen molar-refractivity contribution < 1.29 is 13.2 Å². The van der Waals surface area contributed by atoms with Crippen LogP contribution in [0.4, 0.5) is 11.4 Å². The molecule has 0 aliphatic carbocycles. The zero-order chi connectivity index (χ0) is 20.4. The largest absolute Gasteiger partial charge is 0.324 e. The lowest BCUT2D eigenvalue weighted by Gasteiger charge is -2.30. The molecule has 1 N–H and O–H groups in total. The molecule has 5 nitrogen and oxygen atoms in total. The molecule has 0 spiro atoms. The fourth-order valence-electron chi connectivity index (χ4n) is 2.73. The van der Waals surface area contributed by atoms with Crippen molar-refractivity contribution in [2.24, 2.45) is 0 Å². The zero-order valence-corrected chi connectivity index (χ0v) is 17.9. The predicted molar refractivity (Wildman–Crippen MR) is 112 cm³/mol. The Bertz CT molecular complexity index is 961. The standard InChI is InChI=1S/C19H22Cl2N2O3S/c1-5-18(19(24)22-14-7-6-12(2)13(3)10-14)23(27(4,25)26)15-8-9-16(20)17(21)11-15/h6-11,18H,5H2,1-4H3,(H,22,24)/t18-/m0/s1. The van der Waals surface area contributed by atoms with Crippen molar-refractivity contribution in [3.8, 4) is 0 Å². The first-order valence-electron chi connectivity index (χ1n) is 8.37. The lowest BCUT2D eigenvalue weighted by molar-refractivity contribution is -0.117. The molecular weight excluding hydrogens is 407 g/mol. The first kappa shape index (κ1) is 21.5. The van der Waals surface area contributed by atoms with Gasteiger partial charge in [-0.25, -0.2) is 8.42 Å². The van der Waals surface area contributed by atoms with E-state index in [2.05, 4.69) is 5.32 Å². The Morgan fingerprint density at radius 3 is 2.26 bits per heavy atom. The summed E-state index contributed by atoms with van der Waals surface area (Å²) in [6.07, 6.45) is 1.34. The summed E-state index contributed by atoms with van der Waals surface area (Å²) in [5.74, 6) is -0.419. The van der Waals surface area contributed by atoms with Crippen molar-refractivity contribution in [3.05, 3.63) is 57.6 Å². The Kier molecular flexibility index (Phi) is 6.78. The number of anilines is 2. The Morgan fingerprint density at radius 1 is 1.07 bits per heavy atom. The van der Waals surface area contributed by atoms with Crippen molar-refractivity contribution in [3.63, 3.8) is 0 Å². The van der Waals surface area contributed by atoms with Crippen molar-refractivity contribution >= 4 is 50.5 Å². The van der Waals surface area contributed by atoms with Crippen LogP contribution in [0.5, 0.6) is 0 Å². The number of nitrogens with zero attached hydrogens (tertiary/aromatic N) is 1. The molecule has 1 amide bonds. The summed E-state index contributed by atoms with van der Waals surface area (Å²) in [5.41, 5.74) is 3.04. The summed E-state index contributed by atoms with van der Waals surface area (Å²) in [7, 11) is -3.74. The average Bonchev–Trinajstić information content (AvgIpc) is 2.57. The highest BCUT2D eigenvalue weighted by atomic mass is 35.5. The van der Waals surface area contributed by atoms with Crippen LogP contribution in [0, 0.1) is 13.8 Å². The molecule has 0 fully saturated rings. The summed E-state index contributed by atoms with van der Waals surface area (Å²) >= 11 is 12.0. The monoisotopic (exact) mass is 428 g/mol. The van der Waals surface area contributed by atoms with E-state index in [4.69, 9.17) is 23.2 Å². The van der Waals surface area contributed by atoms with Gasteiger partial charge >= 0.3 is 0 Å². The van der Waals surface area contributed by atoms with Crippen LogP contribution in [0.3, 0.4) is 0 Å². The van der Waals surface area contributed by atoms with Gasteiger partial charge in [0.15, 0.2) is 0 Å². The average molecular weight is 429 g/mol. The Labute approximate surface area is 170 Å². The van der Waals surface area contributed by atoms with Crippen LogP contribution in [0.15, 0.2) is 36.4 Å². The first-order valence-corrected chi connectivity index (χ1v) is 11.0. The number of amides is 1. The summed E-state index contributed by atoms with van der Waals surface area (Å²) in [4.78, 5) is 12.9. The van der Waals surface area contributed by atoms with Gasteiger partial charge in [0.1, 0.15) is 6.04 Å². The first-order chi connectivity index (χ1) is 12.5. The molecule has 2 rings (SSSR count). The molecule has 0 aliphatic heterocycles. The van der Waals surface area contributed by atoms with Crippen LogP contribution in [0.1, 0.15) is 24.5 Å². The Morgan fingerprint density at radius 2 is 1.74 bits per heavy atom. The number of carbonyl (C=O) groups is 1. The van der Waals surface area contributed by atoms with Crippen molar-refractivity contribution in [1.82, 2.24) is 0 Å². The number of carbonyl (C=O) groups excluding carboxylic acids is 1. The molecule has 0 radical (unpaired) electrons. The van der Waals surface area contributed by atoms with E-state index in [0.29, 0.717) is 10.7 Å². The van der Waals surface area contributed by atoms with Gasteiger partial charge in [0.05, 0.1) is 22.0 Å². The Balaban J connectivity index is 2.40. The van der Waals surface area contributed by atoms with Crippen LogP contribution in [0.2, 0.25) is 10.0 Å². The molecule has 2 aromatic carbocycles. The maximum atomic E-state index is 12.9. The highest BCUT2D eigenvalue weighted by Gasteiger charge is 2.32. The lowest BCUT2D eigenvalue weighted by Crippen LogP contribution is -2.47. The van der Waals surface area contributed by atoms with Crippen LogP contribution in [0.25, 0.3) is 0 Å². The molecule has 0 heterocycles. The van der Waals surface area contributed by atoms with Crippen molar-refractivity contribution in [2.75, 3.05) is 15.9 Å². The van der Waals surface area contributed by atoms with E-state index in [1.165, 1.54) is 18.2 Å². The third-order valence-corrected chi connectivity index (χ3v) is 6.18. The van der Waals surface area contributed by atoms with Gasteiger partial charge in [-0.15, -0.1) is 0 Å². The fraction of sp³-hybridized carbons (Fsp3) is 0.316. The molecule has 0 saturated carbocycles. The maximum absolute atomic E-state index is 12.9. The summed E-state index contributed by atoms with van der Waals surface area (Å²) in [6.45, 7) is 5.67. The third-order valence-electron chi connectivity index (χ3n) is 4.26. The van der Waals surface area contributed by atoms with Crippen LogP contribution >= 0.6 is 23.2 Å². The summed E-state index contributed by atoms with van der Waals surface area (Å²) in [6, 6.07) is 9.09.